The van der Waals surface area contributed by atoms with Crippen molar-refractivity contribution in [3.05, 3.63) is 0 Å². The quantitative estimate of drug-likeness (QED) is 0.132. The van der Waals surface area contributed by atoms with Crippen LogP contribution in [0.4, 0.5) is 0 Å². The lowest BCUT2D eigenvalue weighted by Gasteiger charge is -2.35. The topological polar surface area (TPSA) is 198 Å². The maximum atomic E-state index is 14.1. The molecule has 0 saturated carbocycles. The van der Waals surface area contributed by atoms with Gasteiger partial charge in [-0.3, -0.25) is 38.4 Å². The van der Waals surface area contributed by atoms with Crippen LogP contribution in [0.5, 0.6) is 0 Å². The van der Waals surface area contributed by atoms with E-state index in [1.807, 2.05) is 34.6 Å². The van der Waals surface area contributed by atoms with E-state index in [0.717, 1.165) is 0 Å². The van der Waals surface area contributed by atoms with Gasteiger partial charge in [0.1, 0.15) is 36.3 Å². The van der Waals surface area contributed by atoms with Crippen molar-refractivity contribution in [2.75, 3.05) is 41.8 Å². The van der Waals surface area contributed by atoms with Gasteiger partial charge in [-0.1, -0.05) is 48.5 Å². The molecule has 0 aliphatic rings. The molecular weight excluding hydrogens is 684 g/mol. The zero-order valence-corrected chi connectivity index (χ0v) is 34.8. The van der Waals surface area contributed by atoms with Crippen LogP contribution in [0.2, 0.25) is 0 Å². The van der Waals surface area contributed by atoms with E-state index in [2.05, 4.69) is 21.3 Å². The van der Waals surface area contributed by atoms with Gasteiger partial charge < -0.3 is 40.9 Å². The summed E-state index contributed by atoms with van der Waals surface area (Å²) in [5.74, 6) is -4.18. The highest BCUT2D eigenvalue weighted by atomic mass is 16.2. The first-order valence-corrected chi connectivity index (χ1v) is 18.6. The standard InChI is InChI=1S/C37H68N8O8/c1-16-17-29(46)42(12)20-30(47)44(14)27(18-21(2)3)35(51)41-31(23(6)7)37(53)45(15)28(19-22(4)5)34(50)39-24(8)32(48)40-25(9)36(52)43(13)26(10)33(49)38-11/h21-28,31H,16-20H2,1-15H3,(H,38,49)(H,39,50)(H,40,48)(H,41,51)/t24-,25+,26-,27+,28+,31+/m1/s1. The molecule has 0 aromatic heterocycles. The number of nitrogens with zero attached hydrogens (tertiary/aromatic N) is 4. The van der Waals surface area contributed by atoms with Crippen LogP contribution in [0.25, 0.3) is 0 Å². The van der Waals surface area contributed by atoms with Crippen LogP contribution in [-0.2, 0) is 38.4 Å². The highest BCUT2D eigenvalue weighted by Crippen LogP contribution is 2.17. The molecule has 0 aromatic rings. The summed E-state index contributed by atoms with van der Waals surface area (Å²) >= 11 is 0. The van der Waals surface area contributed by atoms with Crippen LogP contribution in [0.15, 0.2) is 0 Å². The summed E-state index contributed by atoms with van der Waals surface area (Å²) in [5.41, 5.74) is 0. The molecule has 0 aromatic carbocycles. The summed E-state index contributed by atoms with van der Waals surface area (Å²) in [6.07, 6.45) is 1.49. The molecule has 4 N–H and O–H groups in total. The Balaban J connectivity index is 6.03. The van der Waals surface area contributed by atoms with Crippen LogP contribution in [-0.4, -0.2) is 145 Å². The number of hydrogen-bond acceptors (Lipinski definition) is 8. The first kappa shape index (κ1) is 48.8. The van der Waals surface area contributed by atoms with Gasteiger partial charge in [0.25, 0.3) is 0 Å². The Morgan fingerprint density at radius 3 is 1.47 bits per heavy atom. The predicted octanol–water partition coefficient (Wildman–Crippen LogP) is 0.734. The van der Waals surface area contributed by atoms with Gasteiger partial charge >= 0.3 is 0 Å². The molecule has 8 amide bonds. The van der Waals surface area contributed by atoms with E-state index in [9.17, 15) is 38.4 Å². The summed E-state index contributed by atoms with van der Waals surface area (Å²) in [7, 11) is 7.42. The third-order valence-corrected chi connectivity index (χ3v) is 9.20. The average molecular weight is 753 g/mol. The summed E-state index contributed by atoms with van der Waals surface area (Å²) in [4.78, 5) is 110. The van der Waals surface area contributed by atoms with Gasteiger partial charge in [-0.05, 0) is 57.8 Å². The molecular formula is C37H68N8O8. The van der Waals surface area contributed by atoms with Gasteiger partial charge in [-0.25, -0.2) is 0 Å². The van der Waals surface area contributed by atoms with Gasteiger partial charge in [0.2, 0.25) is 47.3 Å². The molecule has 0 heterocycles. The highest BCUT2D eigenvalue weighted by Gasteiger charge is 2.38. The minimum absolute atomic E-state index is 0.0165. The average Bonchev–Trinajstić information content (AvgIpc) is 3.08. The molecule has 53 heavy (non-hydrogen) atoms. The number of amides is 8. The monoisotopic (exact) mass is 753 g/mol. The van der Waals surface area contributed by atoms with Gasteiger partial charge in [-0.2, -0.15) is 0 Å². The zero-order valence-electron chi connectivity index (χ0n) is 34.8. The summed E-state index contributed by atoms with van der Waals surface area (Å²) in [5, 5.41) is 10.5. The van der Waals surface area contributed by atoms with Crippen molar-refractivity contribution in [3.63, 3.8) is 0 Å². The molecule has 0 fully saturated rings. The van der Waals surface area contributed by atoms with Crippen LogP contribution >= 0.6 is 0 Å². The molecule has 6 atom stereocenters. The maximum Gasteiger partial charge on any atom is 0.245 e. The fourth-order valence-electron chi connectivity index (χ4n) is 5.55. The number of hydrogen-bond donors (Lipinski definition) is 4. The summed E-state index contributed by atoms with van der Waals surface area (Å²) in [6, 6.07) is -5.84. The molecule has 0 radical (unpaired) electrons. The van der Waals surface area contributed by atoms with Gasteiger partial charge in [-0.15, -0.1) is 0 Å². The van der Waals surface area contributed by atoms with Crippen molar-refractivity contribution in [2.24, 2.45) is 17.8 Å². The van der Waals surface area contributed by atoms with Crippen LogP contribution in [0.3, 0.4) is 0 Å². The number of nitrogens with one attached hydrogen (secondary N) is 4. The Morgan fingerprint density at radius 1 is 0.547 bits per heavy atom. The Morgan fingerprint density at radius 2 is 1.02 bits per heavy atom. The van der Waals surface area contributed by atoms with E-state index in [0.29, 0.717) is 19.3 Å². The molecule has 16 nitrogen and oxygen atoms in total. The SMILES string of the molecule is CCCC(=O)N(C)CC(=O)N(C)[C@@H](CC(C)C)C(=O)N[C@H](C(=O)N(C)[C@@H](CC(C)C)C(=O)N[C@H](C)C(=O)N[C@@H](C)C(=O)N(C)[C@H](C)C(=O)NC)C(C)C. The highest BCUT2D eigenvalue weighted by molar-refractivity contribution is 5.97. The molecule has 0 rings (SSSR count). The van der Waals surface area contributed by atoms with Crippen molar-refractivity contribution in [2.45, 2.75) is 131 Å². The van der Waals surface area contributed by atoms with E-state index in [1.54, 1.807) is 27.8 Å². The lowest BCUT2D eigenvalue weighted by molar-refractivity contribution is -0.146. The third kappa shape index (κ3) is 15.3. The van der Waals surface area contributed by atoms with E-state index in [4.69, 9.17) is 0 Å². The predicted molar refractivity (Wildman–Crippen MR) is 203 cm³/mol. The van der Waals surface area contributed by atoms with E-state index < -0.39 is 77.6 Å². The largest absolute Gasteiger partial charge is 0.357 e. The number of likely N-dealkylation sites (N-methyl/N-ethyl adjacent to an activating group) is 5. The van der Waals surface area contributed by atoms with E-state index in [1.165, 1.54) is 61.6 Å². The van der Waals surface area contributed by atoms with Crippen LogP contribution < -0.4 is 21.3 Å². The molecule has 0 spiro atoms. The molecule has 0 aliphatic heterocycles. The van der Waals surface area contributed by atoms with Crippen molar-refractivity contribution >= 4 is 47.3 Å². The molecule has 16 heteroatoms. The lowest BCUT2D eigenvalue weighted by Crippen LogP contribution is -2.60. The summed E-state index contributed by atoms with van der Waals surface area (Å²) in [6.45, 7) is 17.3. The second-order valence-electron chi connectivity index (χ2n) is 15.2. The minimum atomic E-state index is -1.08. The molecule has 0 aliphatic carbocycles. The Kier molecular flexibility index (Phi) is 20.9. The number of rotatable bonds is 21. The minimum Gasteiger partial charge on any atom is -0.357 e. The molecule has 0 saturated heterocycles. The molecule has 0 bridgehead atoms. The van der Waals surface area contributed by atoms with E-state index >= 15 is 0 Å². The lowest BCUT2D eigenvalue weighted by atomic mass is 9.97. The molecule has 304 valence electrons. The zero-order chi connectivity index (χ0) is 41.5. The second-order valence-corrected chi connectivity index (χ2v) is 15.2. The second kappa shape index (κ2) is 22.7. The Hall–Kier alpha value is -4.24. The normalized spacial score (nSPS) is 14.6. The Labute approximate surface area is 316 Å². The molecule has 0 unspecified atom stereocenters. The van der Waals surface area contributed by atoms with E-state index in [-0.39, 0.29) is 36.6 Å². The Bertz CT molecular complexity index is 1290. The fraction of sp³-hybridized carbons (Fsp3) is 0.784. The first-order valence-electron chi connectivity index (χ1n) is 18.6. The van der Waals surface area contributed by atoms with Gasteiger partial charge in [0, 0.05) is 41.7 Å². The number of carbonyl (C=O) groups is 8. The van der Waals surface area contributed by atoms with Crippen LogP contribution in [0, 0.1) is 17.8 Å². The van der Waals surface area contributed by atoms with Crippen molar-refractivity contribution in [1.29, 1.82) is 0 Å². The smallest absolute Gasteiger partial charge is 0.245 e. The van der Waals surface area contributed by atoms with Gasteiger partial charge in [0.05, 0.1) is 6.54 Å². The fourth-order valence-corrected chi connectivity index (χ4v) is 5.55. The van der Waals surface area contributed by atoms with Crippen molar-refractivity contribution < 1.29 is 38.4 Å². The van der Waals surface area contributed by atoms with Crippen molar-refractivity contribution in [1.82, 2.24) is 40.9 Å². The number of carbonyl (C=O) groups excluding carboxylic acids is 8. The first-order chi connectivity index (χ1) is 24.4. The van der Waals surface area contributed by atoms with Crippen LogP contribution in [0.1, 0.15) is 94.9 Å². The summed E-state index contributed by atoms with van der Waals surface area (Å²) < 4.78 is 0. The maximum absolute atomic E-state index is 14.1. The third-order valence-electron chi connectivity index (χ3n) is 9.20. The van der Waals surface area contributed by atoms with Gasteiger partial charge in [0.15, 0.2) is 0 Å². The van der Waals surface area contributed by atoms with Crippen molar-refractivity contribution in [3.8, 4) is 0 Å².